The lowest BCUT2D eigenvalue weighted by atomic mass is 10.1. The first-order valence-electron chi connectivity index (χ1n) is 6.71. The molecule has 0 spiro atoms. The molecular formula is C16H13N3O2S. The Morgan fingerprint density at radius 1 is 1.23 bits per heavy atom. The summed E-state index contributed by atoms with van der Waals surface area (Å²) in [5, 5.41) is 2.05. The summed E-state index contributed by atoms with van der Waals surface area (Å²) in [4.78, 5) is 5.41. The normalized spacial score (nSPS) is 11.1. The number of fused-ring (bicyclic) bond motifs is 1. The second-order valence-electron chi connectivity index (χ2n) is 4.79. The molecular weight excluding hydrogens is 298 g/mol. The number of hydrogen-bond acceptors (Lipinski definition) is 5. The van der Waals surface area contributed by atoms with Crippen molar-refractivity contribution in [1.82, 2.24) is 9.38 Å². The maximum atomic E-state index is 6.29. The van der Waals surface area contributed by atoms with Crippen LogP contribution in [0, 0.1) is 0 Å². The number of benzene rings is 1. The Kier molecular flexibility index (Phi) is 2.90. The van der Waals surface area contributed by atoms with Crippen molar-refractivity contribution in [3.63, 3.8) is 0 Å². The van der Waals surface area contributed by atoms with Crippen LogP contribution in [0.1, 0.15) is 0 Å². The standard InChI is InChI=1S/C16H13N3O2S/c1-20-11-6-4-10(5-7-11)12-9-22-16-18-14(15(17)19(12)16)13-3-2-8-21-13/h2-9H,17H2,1H3. The average Bonchev–Trinajstić information content (AvgIpc) is 3.25. The number of furan rings is 1. The third-order valence-corrected chi connectivity index (χ3v) is 4.37. The Morgan fingerprint density at radius 2 is 2.05 bits per heavy atom. The highest BCUT2D eigenvalue weighted by Crippen LogP contribution is 2.34. The van der Waals surface area contributed by atoms with Crippen LogP contribution >= 0.6 is 11.3 Å². The summed E-state index contributed by atoms with van der Waals surface area (Å²) in [7, 11) is 1.65. The Bertz CT molecular complexity index is 921. The lowest BCUT2D eigenvalue weighted by Crippen LogP contribution is -1.95. The van der Waals surface area contributed by atoms with Crippen LogP contribution in [0.4, 0.5) is 5.82 Å². The van der Waals surface area contributed by atoms with Crippen LogP contribution in [0.3, 0.4) is 0 Å². The van der Waals surface area contributed by atoms with E-state index in [1.54, 1.807) is 24.7 Å². The zero-order valence-corrected chi connectivity index (χ0v) is 12.6. The van der Waals surface area contributed by atoms with Crippen LogP contribution < -0.4 is 10.5 Å². The number of rotatable bonds is 3. The average molecular weight is 311 g/mol. The molecule has 0 saturated heterocycles. The van der Waals surface area contributed by atoms with E-state index in [0.29, 0.717) is 17.3 Å². The zero-order chi connectivity index (χ0) is 15.1. The van der Waals surface area contributed by atoms with Gasteiger partial charge in [-0.2, -0.15) is 0 Å². The summed E-state index contributed by atoms with van der Waals surface area (Å²) in [5.41, 5.74) is 9.03. The summed E-state index contributed by atoms with van der Waals surface area (Å²) in [5.74, 6) is 2.08. The molecule has 0 aliphatic rings. The zero-order valence-electron chi connectivity index (χ0n) is 11.8. The number of nitrogens with zero attached hydrogens (tertiary/aromatic N) is 2. The first kappa shape index (κ1) is 13.0. The van der Waals surface area contributed by atoms with Gasteiger partial charge in [-0.1, -0.05) is 0 Å². The molecule has 6 heteroatoms. The van der Waals surface area contributed by atoms with E-state index in [1.165, 1.54) is 0 Å². The van der Waals surface area contributed by atoms with E-state index < -0.39 is 0 Å². The summed E-state index contributed by atoms with van der Waals surface area (Å²) in [6.45, 7) is 0. The molecule has 0 bridgehead atoms. The van der Waals surface area contributed by atoms with Gasteiger partial charge in [-0.3, -0.25) is 4.40 Å². The van der Waals surface area contributed by atoms with Crippen molar-refractivity contribution in [3.8, 4) is 28.5 Å². The van der Waals surface area contributed by atoms with Crippen LogP contribution in [0.5, 0.6) is 5.75 Å². The molecule has 4 rings (SSSR count). The summed E-state index contributed by atoms with van der Waals surface area (Å²) >= 11 is 1.55. The van der Waals surface area contributed by atoms with Gasteiger partial charge in [0.1, 0.15) is 17.3 Å². The smallest absolute Gasteiger partial charge is 0.196 e. The molecule has 0 fully saturated rings. The second-order valence-corrected chi connectivity index (χ2v) is 5.63. The van der Waals surface area contributed by atoms with Gasteiger partial charge < -0.3 is 14.9 Å². The Labute approximate surface area is 130 Å². The number of nitrogens with two attached hydrogens (primary N) is 1. The van der Waals surface area contributed by atoms with E-state index in [0.717, 1.165) is 22.0 Å². The quantitative estimate of drug-likeness (QED) is 0.623. The highest BCUT2D eigenvalue weighted by molar-refractivity contribution is 7.15. The minimum atomic E-state index is 0.581. The van der Waals surface area contributed by atoms with E-state index >= 15 is 0 Å². The Morgan fingerprint density at radius 3 is 2.73 bits per heavy atom. The number of hydrogen-bond donors (Lipinski definition) is 1. The molecule has 22 heavy (non-hydrogen) atoms. The maximum Gasteiger partial charge on any atom is 0.196 e. The number of imidazole rings is 1. The molecule has 1 aromatic carbocycles. The van der Waals surface area contributed by atoms with Crippen LogP contribution in [0.25, 0.3) is 27.7 Å². The largest absolute Gasteiger partial charge is 0.497 e. The van der Waals surface area contributed by atoms with Gasteiger partial charge in [-0.15, -0.1) is 11.3 Å². The van der Waals surface area contributed by atoms with Crippen molar-refractivity contribution in [1.29, 1.82) is 0 Å². The molecule has 0 aliphatic heterocycles. The molecule has 0 saturated carbocycles. The molecule has 2 N–H and O–H groups in total. The third-order valence-electron chi connectivity index (χ3n) is 3.54. The topological polar surface area (TPSA) is 65.7 Å². The summed E-state index contributed by atoms with van der Waals surface area (Å²) < 4.78 is 12.6. The first-order valence-corrected chi connectivity index (χ1v) is 7.59. The molecule has 0 radical (unpaired) electrons. The van der Waals surface area contributed by atoms with Crippen molar-refractivity contribution in [3.05, 3.63) is 48.0 Å². The number of ether oxygens (including phenoxy) is 1. The van der Waals surface area contributed by atoms with E-state index in [4.69, 9.17) is 14.9 Å². The lowest BCUT2D eigenvalue weighted by Gasteiger charge is -2.04. The number of nitrogen functional groups attached to an aromatic ring is 1. The number of aromatic nitrogens is 2. The van der Waals surface area contributed by atoms with E-state index in [9.17, 15) is 0 Å². The molecule has 5 nitrogen and oxygen atoms in total. The molecule has 110 valence electrons. The highest BCUT2D eigenvalue weighted by atomic mass is 32.1. The van der Waals surface area contributed by atoms with Gasteiger partial charge in [0.25, 0.3) is 0 Å². The van der Waals surface area contributed by atoms with Gasteiger partial charge >= 0.3 is 0 Å². The predicted octanol–water partition coefficient (Wildman–Crippen LogP) is 3.91. The minimum Gasteiger partial charge on any atom is -0.497 e. The SMILES string of the molecule is COc1ccc(-c2csc3nc(-c4ccco4)c(N)n23)cc1. The lowest BCUT2D eigenvalue weighted by molar-refractivity contribution is 0.415. The molecule has 0 atom stereocenters. The van der Waals surface area contributed by atoms with Gasteiger partial charge in [0.15, 0.2) is 10.7 Å². The van der Waals surface area contributed by atoms with Crippen LogP contribution in [0.15, 0.2) is 52.5 Å². The summed E-state index contributed by atoms with van der Waals surface area (Å²) in [6.07, 6.45) is 1.62. The molecule has 0 amide bonds. The van der Waals surface area contributed by atoms with Crippen LogP contribution in [0.2, 0.25) is 0 Å². The fourth-order valence-corrected chi connectivity index (χ4v) is 3.34. The monoisotopic (exact) mass is 311 g/mol. The molecule has 3 heterocycles. The van der Waals surface area contributed by atoms with Crippen molar-refractivity contribution in [2.75, 3.05) is 12.8 Å². The van der Waals surface area contributed by atoms with Gasteiger partial charge in [0.05, 0.1) is 19.1 Å². The van der Waals surface area contributed by atoms with Gasteiger partial charge in [0, 0.05) is 5.38 Å². The van der Waals surface area contributed by atoms with Crippen LogP contribution in [-0.4, -0.2) is 16.5 Å². The summed E-state index contributed by atoms with van der Waals surface area (Å²) in [6, 6.07) is 11.6. The van der Waals surface area contributed by atoms with Gasteiger partial charge in [0.2, 0.25) is 0 Å². The predicted molar refractivity (Wildman–Crippen MR) is 87.2 cm³/mol. The van der Waals surface area contributed by atoms with Crippen molar-refractivity contribution < 1.29 is 9.15 Å². The molecule has 0 unspecified atom stereocenters. The van der Waals surface area contributed by atoms with Crippen molar-refractivity contribution in [2.45, 2.75) is 0 Å². The number of thiazole rings is 1. The number of methoxy groups -OCH3 is 1. The number of anilines is 1. The van der Waals surface area contributed by atoms with E-state index in [2.05, 4.69) is 4.98 Å². The van der Waals surface area contributed by atoms with Gasteiger partial charge in [-0.05, 0) is 42.0 Å². The van der Waals surface area contributed by atoms with Gasteiger partial charge in [-0.25, -0.2) is 4.98 Å². The van der Waals surface area contributed by atoms with E-state index in [-0.39, 0.29) is 0 Å². The molecule has 4 aromatic rings. The minimum absolute atomic E-state index is 0.581. The Hall–Kier alpha value is -2.73. The molecule has 0 aliphatic carbocycles. The Balaban J connectivity index is 1.88. The fourth-order valence-electron chi connectivity index (χ4n) is 2.44. The second kappa shape index (κ2) is 4.92. The first-order chi connectivity index (χ1) is 10.8. The van der Waals surface area contributed by atoms with Crippen LogP contribution in [-0.2, 0) is 0 Å². The maximum absolute atomic E-state index is 6.29. The third kappa shape index (κ3) is 1.88. The fraction of sp³-hybridized carbons (Fsp3) is 0.0625. The van der Waals surface area contributed by atoms with E-state index in [1.807, 2.05) is 46.2 Å². The van der Waals surface area contributed by atoms with Crippen molar-refractivity contribution in [2.24, 2.45) is 0 Å². The van der Waals surface area contributed by atoms with Crippen molar-refractivity contribution >= 4 is 22.1 Å². The highest BCUT2D eigenvalue weighted by Gasteiger charge is 2.18. The molecule has 3 aromatic heterocycles.